The van der Waals surface area contributed by atoms with Gasteiger partial charge < -0.3 is 10.1 Å². The number of hydrogen-bond acceptors (Lipinski definition) is 3. The molecule has 1 aromatic rings. The van der Waals surface area contributed by atoms with Crippen LogP contribution in [0.3, 0.4) is 0 Å². The Bertz CT molecular complexity index is 361. The van der Waals surface area contributed by atoms with Gasteiger partial charge in [0.1, 0.15) is 5.69 Å². The van der Waals surface area contributed by atoms with Crippen LogP contribution in [-0.4, -0.2) is 24.5 Å². The van der Waals surface area contributed by atoms with Crippen molar-refractivity contribution in [3.63, 3.8) is 0 Å². The molecule has 4 nitrogen and oxygen atoms in total. The molecule has 0 aliphatic carbocycles. The van der Waals surface area contributed by atoms with E-state index in [4.69, 9.17) is 4.74 Å². The van der Waals surface area contributed by atoms with Gasteiger partial charge in [-0.2, -0.15) is 0 Å². The lowest BCUT2D eigenvalue weighted by Gasteiger charge is -2.02. The van der Waals surface area contributed by atoms with Gasteiger partial charge in [0, 0.05) is 18.8 Å². The van der Waals surface area contributed by atoms with Gasteiger partial charge in [-0.05, 0) is 19.1 Å². The second-order valence-corrected chi connectivity index (χ2v) is 2.78. The Morgan fingerprint density at radius 1 is 1.67 bits per heavy atom. The van der Waals surface area contributed by atoms with Gasteiger partial charge in [-0.25, -0.2) is 0 Å². The van der Waals surface area contributed by atoms with Crippen molar-refractivity contribution < 1.29 is 9.53 Å². The molecule has 0 saturated heterocycles. The number of hydrogen-bond donors (Lipinski definition) is 1. The van der Waals surface area contributed by atoms with Crippen molar-refractivity contribution in [1.82, 2.24) is 10.3 Å². The lowest BCUT2D eigenvalue weighted by molar-refractivity contribution is 0.0958. The van der Waals surface area contributed by atoms with Crippen LogP contribution >= 0.6 is 0 Å². The molecule has 1 N–H and O–H groups in total. The van der Waals surface area contributed by atoms with Gasteiger partial charge in [0.15, 0.2) is 0 Å². The van der Waals surface area contributed by atoms with Crippen molar-refractivity contribution >= 4 is 12.0 Å². The summed E-state index contributed by atoms with van der Waals surface area (Å²) in [7, 11) is 1.58. The van der Waals surface area contributed by atoms with Crippen LogP contribution in [0.15, 0.2) is 24.6 Å². The normalized spacial score (nSPS) is 10.3. The Morgan fingerprint density at radius 2 is 2.47 bits per heavy atom. The zero-order valence-electron chi connectivity index (χ0n) is 8.86. The molecule has 0 aromatic carbocycles. The van der Waals surface area contributed by atoms with Gasteiger partial charge in [-0.3, -0.25) is 9.78 Å². The van der Waals surface area contributed by atoms with Crippen molar-refractivity contribution in [2.45, 2.75) is 6.92 Å². The number of amides is 1. The van der Waals surface area contributed by atoms with E-state index in [0.717, 1.165) is 5.56 Å². The quantitative estimate of drug-likeness (QED) is 0.758. The van der Waals surface area contributed by atoms with Gasteiger partial charge in [-0.1, -0.05) is 6.07 Å². The van der Waals surface area contributed by atoms with Crippen LogP contribution in [0.1, 0.15) is 23.0 Å². The van der Waals surface area contributed by atoms with E-state index < -0.39 is 0 Å². The Balaban J connectivity index is 2.91. The molecular weight excluding hydrogens is 192 g/mol. The average Bonchev–Trinajstić information content (AvgIpc) is 2.29. The molecule has 4 heteroatoms. The molecule has 15 heavy (non-hydrogen) atoms. The molecule has 0 saturated carbocycles. The Kier molecular flexibility index (Phi) is 4.34. The Hall–Kier alpha value is -1.84. The molecule has 0 atom stereocenters. The summed E-state index contributed by atoms with van der Waals surface area (Å²) in [6, 6.07) is 3.59. The minimum absolute atomic E-state index is 0.202. The minimum atomic E-state index is -0.202. The van der Waals surface area contributed by atoms with Gasteiger partial charge >= 0.3 is 0 Å². The Morgan fingerprint density at radius 3 is 3.13 bits per heavy atom. The molecule has 1 aromatic heterocycles. The third-order valence-electron chi connectivity index (χ3n) is 1.79. The summed E-state index contributed by atoms with van der Waals surface area (Å²) >= 11 is 0. The van der Waals surface area contributed by atoms with Crippen molar-refractivity contribution in [1.29, 1.82) is 0 Å². The van der Waals surface area contributed by atoms with Gasteiger partial charge in [-0.15, -0.1) is 0 Å². The molecule has 1 heterocycles. The highest BCUT2D eigenvalue weighted by atomic mass is 16.5. The highest BCUT2D eigenvalue weighted by Crippen LogP contribution is 2.07. The monoisotopic (exact) mass is 206 g/mol. The van der Waals surface area contributed by atoms with E-state index in [0.29, 0.717) is 12.3 Å². The number of rotatable bonds is 4. The van der Waals surface area contributed by atoms with E-state index in [1.54, 1.807) is 31.6 Å². The largest absolute Gasteiger partial charge is 0.501 e. The molecule has 0 unspecified atom stereocenters. The minimum Gasteiger partial charge on any atom is -0.501 e. The summed E-state index contributed by atoms with van der Waals surface area (Å²) < 4.78 is 5.07. The van der Waals surface area contributed by atoms with E-state index in [1.807, 2.05) is 13.0 Å². The molecule has 0 spiro atoms. The third kappa shape index (κ3) is 3.09. The fourth-order valence-corrected chi connectivity index (χ4v) is 1.08. The second-order valence-electron chi connectivity index (χ2n) is 2.78. The number of nitrogens with zero attached hydrogens (tertiary/aromatic N) is 1. The summed E-state index contributed by atoms with van der Waals surface area (Å²) in [4.78, 5) is 15.4. The summed E-state index contributed by atoms with van der Waals surface area (Å²) in [5, 5.41) is 2.54. The van der Waals surface area contributed by atoms with Crippen LogP contribution in [0.4, 0.5) is 0 Å². The standard InChI is InChI=1S/C11H14N2O2/c1-3-15-8-6-9-5-4-7-13-10(9)11(14)12-2/h4-8H,3H2,1-2H3,(H,12,14)/b8-6+. The number of carbonyl (C=O) groups excluding carboxylic acids is 1. The molecule has 0 aliphatic rings. The van der Waals surface area contributed by atoms with Crippen molar-refractivity contribution in [2.24, 2.45) is 0 Å². The van der Waals surface area contributed by atoms with Crippen LogP contribution < -0.4 is 5.32 Å². The first-order valence-corrected chi connectivity index (χ1v) is 4.74. The Labute approximate surface area is 89.0 Å². The van der Waals surface area contributed by atoms with E-state index >= 15 is 0 Å². The number of nitrogens with one attached hydrogen (secondary N) is 1. The zero-order valence-corrected chi connectivity index (χ0v) is 8.86. The molecule has 1 amide bonds. The predicted molar refractivity (Wildman–Crippen MR) is 58.3 cm³/mol. The van der Waals surface area contributed by atoms with Crippen molar-refractivity contribution in [2.75, 3.05) is 13.7 Å². The number of pyridine rings is 1. The maximum Gasteiger partial charge on any atom is 0.270 e. The summed E-state index contributed by atoms with van der Waals surface area (Å²) in [6.45, 7) is 2.50. The first-order chi connectivity index (χ1) is 7.29. The van der Waals surface area contributed by atoms with Crippen LogP contribution in [0.2, 0.25) is 0 Å². The highest BCUT2D eigenvalue weighted by Gasteiger charge is 2.08. The van der Waals surface area contributed by atoms with Crippen LogP contribution in [-0.2, 0) is 4.74 Å². The van der Waals surface area contributed by atoms with E-state index in [9.17, 15) is 4.79 Å². The molecule has 0 fully saturated rings. The fraction of sp³-hybridized carbons (Fsp3) is 0.273. The van der Waals surface area contributed by atoms with Crippen LogP contribution in [0.25, 0.3) is 6.08 Å². The summed E-state index contributed by atoms with van der Waals surface area (Å²) in [5.74, 6) is -0.202. The average molecular weight is 206 g/mol. The van der Waals surface area contributed by atoms with Gasteiger partial charge in [0.2, 0.25) is 0 Å². The molecule has 1 rings (SSSR count). The number of carbonyl (C=O) groups is 1. The first kappa shape index (κ1) is 11.2. The van der Waals surface area contributed by atoms with Gasteiger partial charge in [0.05, 0.1) is 12.9 Å². The lowest BCUT2D eigenvalue weighted by atomic mass is 10.2. The smallest absolute Gasteiger partial charge is 0.270 e. The molecular formula is C11H14N2O2. The lowest BCUT2D eigenvalue weighted by Crippen LogP contribution is -2.20. The summed E-state index contributed by atoms with van der Waals surface area (Å²) in [6.07, 6.45) is 4.87. The fourth-order valence-electron chi connectivity index (χ4n) is 1.08. The molecule has 0 radical (unpaired) electrons. The third-order valence-corrected chi connectivity index (χ3v) is 1.79. The first-order valence-electron chi connectivity index (χ1n) is 4.74. The maximum absolute atomic E-state index is 11.4. The summed E-state index contributed by atoms with van der Waals surface area (Å²) in [5.41, 5.74) is 1.14. The van der Waals surface area contributed by atoms with E-state index in [1.165, 1.54) is 0 Å². The van der Waals surface area contributed by atoms with Crippen LogP contribution in [0.5, 0.6) is 0 Å². The SMILES string of the molecule is CCO/C=C/c1cccnc1C(=O)NC. The van der Waals surface area contributed by atoms with Crippen LogP contribution in [0, 0.1) is 0 Å². The molecule has 0 bridgehead atoms. The van der Waals surface area contributed by atoms with Gasteiger partial charge in [0.25, 0.3) is 5.91 Å². The maximum atomic E-state index is 11.4. The number of aromatic nitrogens is 1. The second kappa shape index (κ2) is 5.80. The highest BCUT2D eigenvalue weighted by molar-refractivity contribution is 5.95. The zero-order chi connectivity index (χ0) is 11.1. The van der Waals surface area contributed by atoms with E-state index in [2.05, 4.69) is 10.3 Å². The predicted octanol–water partition coefficient (Wildman–Crippen LogP) is 1.45. The topological polar surface area (TPSA) is 51.2 Å². The van der Waals surface area contributed by atoms with Crippen molar-refractivity contribution in [3.05, 3.63) is 35.8 Å². The molecule has 80 valence electrons. The van der Waals surface area contributed by atoms with Crippen molar-refractivity contribution in [3.8, 4) is 0 Å². The number of ether oxygens (including phenoxy) is 1. The van der Waals surface area contributed by atoms with E-state index in [-0.39, 0.29) is 5.91 Å². The molecule has 0 aliphatic heterocycles.